The van der Waals surface area contributed by atoms with Crippen molar-refractivity contribution in [2.45, 2.75) is 13.0 Å². The number of hydrogen-bond donors (Lipinski definition) is 2. The van der Waals surface area contributed by atoms with Crippen molar-refractivity contribution in [3.8, 4) is 11.4 Å². The van der Waals surface area contributed by atoms with Crippen molar-refractivity contribution in [1.29, 1.82) is 0 Å². The topological polar surface area (TPSA) is 74.8 Å². The summed E-state index contributed by atoms with van der Waals surface area (Å²) in [5.41, 5.74) is 1.49. The quantitative estimate of drug-likeness (QED) is 0.569. The summed E-state index contributed by atoms with van der Waals surface area (Å²) in [7, 11) is 0. The molecule has 2 N–H and O–H groups in total. The molecule has 1 heterocycles. The van der Waals surface area contributed by atoms with E-state index in [-0.39, 0.29) is 23.2 Å². The van der Waals surface area contributed by atoms with Gasteiger partial charge in [0.25, 0.3) is 11.5 Å². The zero-order valence-corrected chi connectivity index (χ0v) is 15.3. The summed E-state index contributed by atoms with van der Waals surface area (Å²) in [5.74, 6) is -0.0141. The van der Waals surface area contributed by atoms with Crippen molar-refractivity contribution >= 4 is 16.7 Å². The van der Waals surface area contributed by atoms with Crippen LogP contribution in [0.25, 0.3) is 22.2 Å². The molecule has 5 heteroatoms. The molecule has 0 saturated carbocycles. The van der Waals surface area contributed by atoms with Crippen LogP contribution in [0.4, 0.5) is 0 Å². The first-order chi connectivity index (χ1) is 13.6. The number of hydrogen-bond acceptors (Lipinski definition) is 3. The molecular weight excluding hydrogens is 350 g/mol. The predicted molar refractivity (Wildman–Crippen MR) is 110 cm³/mol. The van der Waals surface area contributed by atoms with Gasteiger partial charge >= 0.3 is 0 Å². The molecule has 1 atom stereocenters. The van der Waals surface area contributed by atoms with E-state index in [1.807, 2.05) is 79.7 Å². The third-order valence-corrected chi connectivity index (χ3v) is 4.66. The highest BCUT2D eigenvalue weighted by atomic mass is 16.2. The fourth-order valence-electron chi connectivity index (χ4n) is 3.28. The molecule has 0 fully saturated rings. The van der Waals surface area contributed by atoms with Crippen LogP contribution in [0.5, 0.6) is 0 Å². The van der Waals surface area contributed by atoms with Gasteiger partial charge in [-0.2, -0.15) is 0 Å². The molecule has 0 bridgehead atoms. The minimum atomic E-state index is -0.385. The average Bonchev–Trinajstić information content (AvgIpc) is 2.73. The Hall–Kier alpha value is -3.73. The summed E-state index contributed by atoms with van der Waals surface area (Å²) in [6.07, 6.45) is 0. The minimum absolute atomic E-state index is 0.0923. The number of aromatic amines is 1. The lowest BCUT2D eigenvalue weighted by atomic mass is 9.99. The van der Waals surface area contributed by atoms with Crippen molar-refractivity contribution in [2.75, 3.05) is 0 Å². The van der Waals surface area contributed by atoms with Gasteiger partial charge in [-0.05, 0) is 23.3 Å². The normalized spacial score (nSPS) is 11.9. The van der Waals surface area contributed by atoms with Gasteiger partial charge in [-0.15, -0.1) is 0 Å². The van der Waals surface area contributed by atoms with E-state index in [9.17, 15) is 9.59 Å². The lowest BCUT2D eigenvalue weighted by molar-refractivity contribution is 0.0935. The van der Waals surface area contributed by atoms with Crippen LogP contribution in [0.2, 0.25) is 0 Å². The maximum atomic E-state index is 12.8. The third-order valence-electron chi connectivity index (χ3n) is 4.66. The van der Waals surface area contributed by atoms with Gasteiger partial charge in [0, 0.05) is 11.6 Å². The summed E-state index contributed by atoms with van der Waals surface area (Å²) in [4.78, 5) is 31.8. The van der Waals surface area contributed by atoms with Crippen molar-refractivity contribution in [3.05, 3.63) is 100 Å². The maximum absolute atomic E-state index is 12.8. The molecule has 0 saturated heterocycles. The van der Waals surface area contributed by atoms with Crippen LogP contribution < -0.4 is 10.9 Å². The molecule has 0 unspecified atom stereocenters. The van der Waals surface area contributed by atoms with Gasteiger partial charge < -0.3 is 10.3 Å². The summed E-state index contributed by atoms with van der Waals surface area (Å²) in [6, 6.07) is 24.3. The van der Waals surface area contributed by atoms with Crippen molar-refractivity contribution in [2.24, 2.45) is 0 Å². The van der Waals surface area contributed by atoms with E-state index >= 15 is 0 Å². The number of carbonyl (C=O) groups is 1. The van der Waals surface area contributed by atoms with Crippen LogP contribution in [0.15, 0.2) is 83.7 Å². The second kappa shape index (κ2) is 7.48. The van der Waals surface area contributed by atoms with Crippen molar-refractivity contribution in [1.82, 2.24) is 15.3 Å². The first-order valence-corrected chi connectivity index (χ1v) is 9.07. The smallest absolute Gasteiger partial charge is 0.270 e. The number of nitrogens with zero attached hydrogens (tertiary/aromatic N) is 1. The largest absolute Gasteiger partial charge is 0.344 e. The molecule has 0 radical (unpaired) electrons. The zero-order valence-electron chi connectivity index (χ0n) is 15.3. The van der Waals surface area contributed by atoms with Gasteiger partial charge in [0.05, 0.1) is 6.04 Å². The Morgan fingerprint density at radius 3 is 2.50 bits per heavy atom. The summed E-state index contributed by atoms with van der Waals surface area (Å²) in [5, 5.41) is 5.15. The zero-order chi connectivity index (χ0) is 19.5. The lowest BCUT2D eigenvalue weighted by Crippen LogP contribution is -2.29. The predicted octanol–water partition coefficient (Wildman–Crippen LogP) is 4.08. The van der Waals surface area contributed by atoms with Gasteiger partial charge in [0.1, 0.15) is 11.5 Å². The molecule has 4 aromatic rings. The Morgan fingerprint density at radius 1 is 0.964 bits per heavy atom. The minimum Gasteiger partial charge on any atom is -0.344 e. The number of aromatic nitrogens is 2. The molecule has 1 amide bonds. The molecule has 138 valence electrons. The average molecular weight is 369 g/mol. The number of nitrogens with one attached hydrogen (secondary N) is 2. The molecule has 4 rings (SSSR count). The van der Waals surface area contributed by atoms with E-state index < -0.39 is 0 Å². The molecule has 0 aliphatic rings. The molecule has 28 heavy (non-hydrogen) atoms. The Bertz CT molecular complexity index is 1190. The lowest BCUT2D eigenvalue weighted by Gasteiger charge is -2.16. The van der Waals surface area contributed by atoms with E-state index in [0.29, 0.717) is 5.82 Å². The Balaban J connectivity index is 1.63. The first-order valence-electron chi connectivity index (χ1n) is 9.07. The fourth-order valence-corrected chi connectivity index (χ4v) is 3.28. The van der Waals surface area contributed by atoms with Crippen LogP contribution in [0, 0.1) is 0 Å². The van der Waals surface area contributed by atoms with Crippen LogP contribution in [-0.4, -0.2) is 15.9 Å². The number of benzene rings is 3. The van der Waals surface area contributed by atoms with E-state index in [1.165, 1.54) is 6.07 Å². The molecule has 0 spiro atoms. The summed E-state index contributed by atoms with van der Waals surface area (Å²) < 4.78 is 0. The third kappa shape index (κ3) is 3.55. The Kier molecular flexibility index (Phi) is 4.72. The number of rotatable bonds is 4. The molecular formula is C23H19N3O2. The highest BCUT2D eigenvalue weighted by Crippen LogP contribution is 2.24. The summed E-state index contributed by atoms with van der Waals surface area (Å²) >= 11 is 0. The van der Waals surface area contributed by atoms with E-state index in [2.05, 4.69) is 15.3 Å². The first kappa shape index (κ1) is 17.7. The van der Waals surface area contributed by atoms with E-state index in [0.717, 1.165) is 21.9 Å². The fraction of sp³-hybridized carbons (Fsp3) is 0.0870. The number of amides is 1. The van der Waals surface area contributed by atoms with Crippen LogP contribution in [0.3, 0.4) is 0 Å². The van der Waals surface area contributed by atoms with Crippen LogP contribution in [0.1, 0.15) is 29.0 Å². The second-order valence-electron chi connectivity index (χ2n) is 6.61. The van der Waals surface area contributed by atoms with Gasteiger partial charge in [-0.25, -0.2) is 4.98 Å². The maximum Gasteiger partial charge on any atom is 0.270 e. The van der Waals surface area contributed by atoms with Gasteiger partial charge in [-0.3, -0.25) is 9.59 Å². The number of carbonyl (C=O) groups excluding carboxylic acids is 1. The monoisotopic (exact) mass is 369 g/mol. The number of H-pyrrole nitrogens is 1. The molecule has 1 aromatic heterocycles. The van der Waals surface area contributed by atoms with Crippen LogP contribution in [-0.2, 0) is 0 Å². The Labute approximate surface area is 162 Å². The molecule has 3 aromatic carbocycles. The Morgan fingerprint density at radius 2 is 1.68 bits per heavy atom. The van der Waals surface area contributed by atoms with Gasteiger partial charge in [0.2, 0.25) is 0 Å². The van der Waals surface area contributed by atoms with Crippen LogP contribution >= 0.6 is 0 Å². The van der Waals surface area contributed by atoms with E-state index in [4.69, 9.17) is 0 Å². The van der Waals surface area contributed by atoms with E-state index in [1.54, 1.807) is 0 Å². The van der Waals surface area contributed by atoms with Gasteiger partial charge in [0.15, 0.2) is 0 Å². The molecule has 5 nitrogen and oxygen atoms in total. The standard InChI is InChI=1S/C23H19N3O2/c1-15(18-13-7-11-16-8-5-6-12-19(16)18)24-23(28)20-14-21(27)26-22(25-20)17-9-3-2-4-10-17/h2-15H,1H3,(H,24,28)(H,25,26,27)/t15-/m1/s1. The van der Waals surface area contributed by atoms with Crippen molar-refractivity contribution < 1.29 is 4.79 Å². The highest BCUT2D eigenvalue weighted by Gasteiger charge is 2.16. The summed E-state index contributed by atoms with van der Waals surface area (Å²) in [6.45, 7) is 1.92. The van der Waals surface area contributed by atoms with Crippen molar-refractivity contribution in [3.63, 3.8) is 0 Å². The number of fused-ring (bicyclic) bond motifs is 1. The molecule has 0 aliphatic heterocycles. The highest BCUT2D eigenvalue weighted by molar-refractivity contribution is 5.93. The van der Waals surface area contributed by atoms with Gasteiger partial charge in [-0.1, -0.05) is 72.8 Å². The SMILES string of the molecule is C[C@@H](NC(=O)c1cc(=O)[nH]c(-c2ccccc2)n1)c1cccc2ccccc12. The second-order valence-corrected chi connectivity index (χ2v) is 6.61. The molecule has 0 aliphatic carbocycles.